The molecule has 0 atom stereocenters. The van der Waals surface area contributed by atoms with Crippen LogP contribution in [0.25, 0.3) is 10.9 Å². The SMILES string of the molecule is Cc1ccc2cccc(Oc3ccc(N)nn3)c2n1. The fraction of sp³-hybridized carbons (Fsp3) is 0.0714. The standard InChI is InChI=1S/C14H12N4O/c1-9-5-6-10-3-2-4-11(14(10)16-9)19-13-8-7-12(15)17-18-13/h2-8H,1H3,(H2,15,17). The van der Waals surface area contributed by atoms with Crippen LogP contribution in [0.15, 0.2) is 42.5 Å². The topological polar surface area (TPSA) is 73.9 Å². The molecule has 0 fully saturated rings. The normalized spacial score (nSPS) is 10.6. The van der Waals surface area contributed by atoms with Crippen molar-refractivity contribution >= 4 is 16.7 Å². The molecule has 2 aromatic heterocycles. The number of pyridine rings is 1. The van der Waals surface area contributed by atoms with Crippen LogP contribution in [0.1, 0.15) is 5.69 Å². The molecule has 3 rings (SSSR count). The van der Waals surface area contributed by atoms with Gasteiger partial charge >= 0.3 is 0 Å². The number of anilines is 1. The highest BCUT2D eigenvalue weighted by Gasteiger charge is 2.06. The number of ether oxygens (including phenoxy) is 1. The summed E-state index contributed by atoms with van der Waals surface area (Å²) in [5.41, 5.74) is 7.23. The number of para-hydroxylation sites is 1. The molecule has 3 aromatic rings. The van der Waals surface area contributed by atoms with Crippen molar-refractivity contribution in [1.82, 2.24) is 15.2 Å². The number of nitrogen functional groups attached to an aromatic ring is 1. The Kier molecular flexibility index (Phi) is 2.72. The zero-order valence-corrected chi connectivity index (χ0v) is 10.4. The molecule has 5 nitrogen and oxygen atoms in total. The minimum Gasteiger partial charge on any atom is -0.435 e. The van der Waals surface area contributed by atoms with Crippen molar-refractivity contribution in [3.63, 3.8) is 0 Å². The molecule has 0 aliphatic rings. The third-order valence-corrected chi connectivity index (χ3v) is 2.70. The van der Waals surface area contributed by atoms with Crippen molar-refractivity contribution in [2.24, 2.45) is 0 Å². The molecule has 0 aliphatic carbocycles. The molecule has 5 heteroatoms. The molecule has 2 heterocycles. The van der Waals surface area contributed by atoms with Gasteiger partial charge in [0, 0.05) is 17.1 Å². The highest BCUT2D eigenvalue weighted by molar-refractivity contribution is 5.84. The summed E-state index contributed by atoms with van der Waals surface area (Å²) in [6.45, 7) is 1.94. The average Bonchev–Trinajstić information content (AvgIpc) is 2.42. The van der Waals surface area contributed by atoms with Crippen LogP contribution in [0.3, 0.4) is 0 Å². The number of nitrogens with zero attached hydrogens (tertiary/aromatic N) is 3. The summed E-state index contributed by atoms with van der Waals surface area (Å²) < 4.78 is 5.71. The van der Waals surface area contributed by atoms with Gasteiger partial charge in [0.2, 0.25) is 5.88 Å². The van der Waals surface area contributed by atoms with E-state index in [0.29, 0.717) is 17.4 Å². The number of rotatable bonds is 2. The second-order valence-corrected chi connectivity index (χ2v) is 4.18. The molecule has 0 spiro atoms. The van der Waals surface area contributed by atoms with Crippen LogP contribution < -0.4 is 10.5 Å². The van der Waals surface area contributed by atoms with Crippen molar-refractivity contribution in [2.75, 3.05) is 5.73 Å². The lowest BCUT2D eigenvalue weighted by atomic mass is 10.2. The molecule has 0 saturated heterocycles. The van der Waals surface area contributed by atoms with Crippen LogP contribution in [0.2, 0.25) is 0 Å². The monoisotopic (exact) mass is 252 g/mol. The van der Waals surface area contributed by atoms with Crippen LogP contribution in [-0.2, 0) is 0 Å². The third-order valence-electron chi connectivity index (χ3n) is 2.70. The number of aryl methyl sites for hydroxylation is 1. The van der Waals surface area contributed by atoms with Crippen molar-refractivity contribution in [3.8, 4) is 11.6 Å². The van der Waals surface area contributed by atoms with E-state index in [0.717, 1.165) is 16.6 Å². The van der Waals surface area contributed by atoms with Gasteiger partial charge in [-0.05, 0) is 25.1 Å². The number of fused-ring (bicyclic) bond motifs is 1. The molecule has 0 bridgehead atoms. The Hall–Kier alpha value is -2.69. The van der Waals surface area contributed by atoms with E-state index in [1.165, 1.54) is 0 Å². The maximum absolute atomic E-state index is 5.71. The first-order chi connectivity index (χ1) is 9.22. The summed E-state index contributed by atoms with van der Waals surface area (Å²) in [5, 5.41) is 8.65. The second-order valence-electron chi connectivity index (χ2n) is 4.18. The van der Waals surface area contributed by atoms with E-state index in [1.807, 2.05) is 37.3 Å². The van der Waals surface area contributed by atoms with Gasteiger partial charge in [-0.25, -0.2) is 4.98 Å². The first-order valence-corrected chi connectivity index (χ1v) is 5.86. The Balaban J connectivity index is 2.05. The molecule has 0 aliphatic heterocycles. The molecular formula is C14H12N4O. The molecule has 0 saturated carbocycles. The maximum Gasteiger partial charge on any atom is 0.239 e. The number of hydrogen-bond acceptors (Lipinski definition) is 5. The van der Waals surface area contributed by atoms with Crippen molar-refractivity contribution < 1.29 is 4.74 Å². The summed E-state index contributed by atoms with van der Waals surface area (Å²) in [5.74, 6) is 1.41. The molecule has 1 aromatic carbocycles. The molecule has 0 unspecified atom stereocenters. The summed E-state index contributed by atoms with van der Waals surface area (Å²) in [7, 11) is 0. The fourth-order valence-electron chi connectivity index (χ4n) is 1.80. The van der Waals surface area contributed by atoms with E-state index < -0.39 is 0 Å². The fourth-order valence-corrected chi connectivity index (χ4v) is 1.80. The zero-order valence-electron chi connectivity index (χ0n) is 10.4. The van der Waals surface area contributed by atoms with Gasteiger partial charge in [0.05, 0.1) is 0 Å². The van der Waals surface area contributed by atoms with Crippen molar-refractivity contribution in [1.29, 1.82) is 0 Å². The number of aromatic nitrogens is 3. The van der Waals surface area contributed by atoms with Crippen LogP contribution in [-0.4, -0.2) is 15.2 Å². The Morgan fingerprint density at radius 3 is 2.68 bits per heavy atom. The molecular weight excluding hydrogens is 240 g/mol. The van der Waals surface area contributed by atoms with Crippen molar-refractivity contribution in [3.05, 3.63) is 48.2 Å². The maximum atomic E-state index is 5.71. The quantitative estimate of drug-likeness (QED) is 0.759. The smallest absolute Gasteiger partial charge is 0.239 e. The van der Waals surface area contributed by atoms with Crippen LogP contribution in [0.5, 0.6) is 11.6 Å². The van der Waals surface area contributed by atoms with Gasteiger partial charge in [0.1, 0.15) is 11.3 Å². The van der Waals surface area contributed by atoms with Gasteiger partial charge in [-0.3, -0.25) is 0 Å². The Bertz CT molecular complexity index is 725. The van der Waals surface area contributed by atoms with Crippen molar-refractivity contribution in [2.45, 2.75) is 6.92 Å². The van der Waals surface area contributed by atoms with E-state index >= 15 is 0 Å². The minimum absolute atomic E-state index is 0.360. The highest BCUT2D eigenvalue weighted by Crippen LogP contribution is 2.27. The summed E-state index contributed by atoms with van der Waals surface area (Å²) in [4.78, 5) is 4.49. The number of nitrogens with two attached hydrogens (primary N) is 1. The van der Waals surface area contributed by atoms with E-state index in [4.69, 9.17) is 10.5 Å². The predicted molar refractivity (Wildman–Crippen MR) is 73.0 cm³/mol. The highest BCUT2D eigenvalue weighted by atomic mass is 16.5. The van der Waals surface area contributed by atoms with Gasteiger partial charge in [-0.2, -0.15) is 0 Å². The first-order valence-electron chi connectivity index (χ1n) is 5.86. The largest absolute Gasteiger partial charge is 0.435 e. The average molecular weight is 252 g/mol. The number of hydrogen-bond donors (Lipinski definition) is 1. The lowest BCUT2D eigenvalue weighted by Crippen LogP contribution is -1.96. The molecule has 94 valence electrons. The lowest BCUT2D eigenvalue weighted by Gasteiger charge is -2.07. The predicted octanol–water partition coefficient (Wildman–Crippen LogP) is 2.71. The second kappa shape index (κ2) is 4.53. The number of benzene rings is 1. The molecule has 0 radical (unpaired) electrons. The Labute approximate surface area is 110 Å². The van der Waals surface area contributed by atoms with E-state index in [-0.39, 0.29) is 0 Å². The summed E-state index contributed by atoms with van der Waals surface area (Å²) in [6.07, 6.45) is 0. The van der Waals surface area contributed by atoms with E-state index in [1.54, 1.807) is 12.1 Å². The molecule has 19 heavy (non-hydrogen) atoms. The third kappa shape index (κ3) is 2.30. The van der Waals surface area contributed by atoms with Gasteiger partial charge in [0.15, 0.2) is 5.75 Å². The van der Waals surface area contributed by atoms with Gasteiger partial charge in [-0.1, -0.05) is 18.2 Å². The van der Waals surface area contributed by atoms with Crippen LogP contribution in [0, 0.1) is 6.92 Å². The molecule has 0 amide bonds. The lowest BCUT2D eigenvalue weighted by molar-refractivity contribution is 0.459. The van der Waals surface area contributed by atoms with Gasteiger partial charge in [0.25, 0.3) is 0 Å². The summed E-state index contributed by atoms with van der Waals surface area (Å²) >= 11 is 0. The van der Waals surface area contributed by atoms with Gasteiger partial charge < -0.3 is 10.5 Å². The summed E-state index contributed by atoms with van der Waals surface area (Å²) in [6, 6.07) is 13.1. The van der Waals surface area contributed by atoms with Crippen LogP contribution in [0.4, 0.5) is 5.82 Å². The van der Waals surface area contributed by atoms with E-state index in [2.05, 4.69) is 15.2 Å². The zero-order chi connectivity index (χ0) is 13.2. The van der Waals surface area contributed by atoms with Gasteiger partial charge in [-0.15, -0.1) is 10.2 Å². The van der Waals surface area contributed by atoms with Crippen LogP contribution >= 0.6 is 0 Å². The first kappa shape index (κ1) is 11.4. The minimum atomic E-state index is 0.360. The molecule has 2 N–H and O–H groups in total. The Morgan fingerprint density at radius 2 is 1.89 bits per heavy atom. The van der Waals surface area contributed by atoms with E-state index in [9.17, 15) is 0 Å². The Morgan fingerprint density at radius 1 is 1.00 bits per heavy atom.